The number of nitrogens with one attached hydrogen (secondary N) is 1. The molecule has 10 heteroatoms. The van der Waals surface area contributed by atoms with Crippen molar-refractivity contribution >= 4 is 17.5 Å². The molecule has 1 aromatic heterocycles. The summed E-state index contributed by atoms with van der Waals surface area (Å²) in [6.45, 7) is 1.91. The van der Waals surface area contributed by atoms with Crippen molar-refractivity contribution in [2.24, 2.45) is 0 Å². The largest absolute Gasteiger partial charge is 0.497 e. The first kappa shape index (κ1) is 28.2. The summed E-state index contributed by atoms with van der Waals surface area (Å²) in [4.78, 5) is 30.4. The Kier molecular flexibility index (Phi) is 8.62. The third kappa shape index (κ3) is 6.67. The fourth-order valence-corrected chi connectivity index (χ4v) is 4.44. The van der Waals surface area contributed by atoms with Crippen LogP contribution in [0, 0.1) is 12.7 Å². The van der Waals surface area contributed by atoms with Crippen LogP contribution in [0.3, 0.4) is 0 Å². The van der Waals surface area contributed by atoms with E-state index in [1.807, 2.05) is 49.4 Å². The van der Waals surface area contributed by atoms with Gasteiger partial charge in [-0.25, -0.2) is 4.39 Å². The molecule has 0 spiro atoms. The Morgan fingerprint density at radius 1 is 0.929 bits per heavy atom. The Morgan fingerprint density at radius 3 is 2.29 bits per heavy atom. The third-order valence-corrected chi connectivity index (χ3v) is 6.66. The van der Waals surface area contributed by atoms with E-state index < -0.39 is 23.7 Å². The molecule has 1 heterocycles. The van der Waals surface area contributed by atoms with Crippen LogP contribution in [0.15, 0.2) is 103 Å². The fourth-order valence-electron chi connectivity index (χ4n) is 4.44. The van der Waals surface area contributed by atoms with Gasteiger partial charge in [-0.1, -0.05) is 72.3 Å². The summed E-state index contributed by atoms with van der Waals surface area (Å²) in [5.41, 5.74) is 3.62. The Balaban J connectivity index is 1.45. The molecule has 0 aliphatic rings. The molecule has 212 valence electrons. The number of nitrogens with zero attached hydrogens (tertiary/aromatic N) is 5. The number of aromatic nitrogens is 4. The van der Waals surface area contributed by atoms with Crippen molar-refractivity contribution in [1.29, 1.82) is 0 Å². The summed E-state index contributed by atoms with van der Waals surface area (Å²) in [6.07, 6.45) is 0. The molecule has 0 saturated carbocycles. The fraction of sp³-hybridized carbons (Fsp3) is 0.156. The number of hydrogen-bond acceptors (Lipinski definition) is 6. The SMILES string of the molecule is COc1ccc(CNC(=O)C(c2ccc(F)cc2)N(C(=O)Cn2nnc(-c3ccc(C)cc3)n2)c2ccccc2)cc1. The molecule has 5 rings (SSSR count). The number of ether oxygens (including phenoxy) is 1. The maximum atomic E-state index is 14.0. The predicted octanol–water partition coefficient (Wildman–Crippen LogP) is 4.89. The zero-order chi connectivity index (χ0) is 29.5. The number of amides is 2. The van der Waals surface area contributed by atoms with E-state index in [9.17, 15) is 14.0 Å². The van der Waals surface area contributed by atoms with Gasteiger partial charge in [-0.05, 0) is 59.7 Å². The Labute approximate surface area is 242 Å². The van der Waals surface area contributed by atoms with Gasteiger partial charge in [0.05, 0.1) is 7.11 Å². The maximum absolute atomic E-state index is 14.0. The van der Waals surface area contributed by atoms with E-state index in [1.165, 1.54) is 34.0 Å². The van der Waals surface area contributed by atoms with E-state index in [1.54, 1.807) is 43.5 Å². The van der Waals surface area contributed by atoms with Gasteiger partial charge < -0.3 is 10.1 Å². The summed E-state index contributed by atoms with van der Waals surface area (Å²) in [6, 6.07) is 28.2. The van der Waals surface area contributed by atoms with Gasteiger partial charge in [-0.2, -0.15) is 4.80 Å². The highest BCUT2D eigenvalue weighted by Crippen LogP contribution is 2.29. The summed E-state index contributed by atoms with van der Waals surface area (Å²) >= 11 is 0. The molecule has 1 N–H and O–H groups in total. The molecule has 0 aliphatic heterocycles. The lowest BCUT2D eigenvalue weighted by Gasteiger charge is -2.31. The highest BCUT2D eigenvalue weighted by atomic mass is 19.1. The second-order valence-corrected chi connectivity index (χ2v) is 9.63. The molecule has 5 aromatic rings. The molecular weight excluding hydrogens is 535 g/mol. The Bertz CT molecular complexity index is 1640. The number of tetrazole rings is 1. The average molecular weight is 565 g/mol. The molecular formula is C32H29FN6O3. The third-order valence-electron chi connectivity index (χ3n) is 6.66. The summed E-state index contributed by atoms with van der Waals surface area (Å²) < 4.78 is 19.1. The van der Waals surface area contributed by atoms with Crippen LogP contribution in [-0.2, 0) is 22.7 Å². The second kappa shape index (κ2) is 12.9. The number of halogens is 1. The molecule has 1 atom stereocenters. The van der Waals surface area contributed by atoms with E-state index in [4.69, 9.17) is 4.74 Å². The summed E-state index contributed by atoms with van der Waals surface area (Å²) in [5.74, 6) is -0.280. The highest BCUT2D eigenvalue weighted by Gasteiger charge is 2.33. The Hall–Kier alpha value is -5.38. The first-order chi connectivity index (χ1) is 20.4. The normalized spacial score (nSPS) is 11.5. The number of carbonyl (C=O) groups is 2. The van der Waals surface area contributed by atoms with Crippen LogP contribution in [0.1, 0.15) is 22.7 Å². The number of hydrogen-bond donors (Lipinski definition) is 1. The van der Waals surface area contributed by atoms with Crippen LogP contribution < -0.4 is 15.0 Å². The highest BCUT2D eigenvalue weighted by molar-refractivity contribution is 6.01. The van der Waals surface area contributed by atoms with E-state index in [0.717, 1.165) is 16.7 Å². The predicted molar refractivity (Wildman–Crippen MR) is 156 cm³/mol. The van der Waals surface area contributed by atoms with Gasteiger partial charge in [-0.3, -0.25) is 14.5 Å². The minimum atomic E-state index is -1.11. The number of aryl methyl sites for hydroxylation is 1. The molecule has 42 heavy (non-hydrogen) atoms. The van der Waals surface area contributed by atoms with Crippen LogP contribution in [0.4, 0.5) is 10.1 Å². The molecule has 0 saturated heterocycles. The summed E-state index contributed by atoms with van der Waals surface area (Å²) in [5, 5.41) is 15.5. The topological polar surface area (TPSA) is 102 Å². The average Bonchev–Trinajstić information content (AvgIpc) is 3.48. The van der Waals surface area contributed by atoms with E-state index in [0.29, 0.717) is 22.8 Å². The van der Waals surface area contributed by atoms with Gasteiger partial charge in [0.1, 0.15) is 24.2 Å². The van der Waals surface area contributed by atoms with Gasteiger partial charge in [0.2, 0.25) is 11.7 Å². The monoisotopic (exact) mass is 564 g/mol. The standard InChI is InChI=1S/C32H29FN6O3/c1-22-8-12-25(13-9-22)31-35-37-38(36-31)21-29(40)39(27-6-4-3-5-7-27)30(24-14-16-26(33)17-15-24)32(41)34-20-23-10-18-28(42-2)19-11-23/h3-19,30H,20-21H2,1-2H3,(H,34,41). The van der Waals surface area contributed by atoms with Gasteiger partial charge in [0, 0.05) is 17.8 Å². The lowest BCUT2D eigenvalue weighted by Crippen LogP contribution is -2.45. The number of para-hydroxylation sites is 1. The minimum Gasteiger partial charge on any atom is -0.497 e. The van der Waals surface area contributed by atoms with Crippen LogP contribution >= 0.6 is 0 Å². The lowest BCUT2D eigenvalue weighted by molar-refractivity contribution is -0.127. The van der Waals surface area contributed by atoms with Crippen molar-refractivity contribution in [2.45, 2.75) is 26.1 Å². The lowest BCUT2D eigenvalue weighted by atomic mass is 10.0. The van der Waals surface area contributed by atoms with Gasteiger partial charge >= 0.3 is 0 Å². The maximum Gasteiger partial charge on any atom is 0.251 e. The summed E-state index contributed by atoms with van der Waals surface area (Å²) in [7, 11) is 1.58. The van der Waals surface area contributed by atoms with Crippen molar-refractivity contribution in [1.82, 2.24) is 25.5 Å². The first-order valence-electron chi connectivity index (χ1n) is 13.3. The molecule has 2 amide bonds. The number of rotatable bonds is 10. The van der Waals surface area contributed by atoms with Crippen molar-refractivity contribution in [3.63, 3.8) is 0 Å². The van der Waals surface area contributed by atoms with E-state index in [2.05, 4.69) is 20.7 Å². The second-order valence-electron chi connectivity index (χ2n) is 9.63. The molecule has 1 unspecified atom stereocenters. The smallest absolute Gasteiger partial charge is 0.251 e. The van der Waals surface area contributed by atoms with E-state index in [-0.39, 0.29) is 13.1 Å². The minimum absolute atomic E-state index is 0.210. The zero-order valence-corrected chi connectivity index (χ0v) is 23.1. The van der Waals surface area contributed by atoms with Crippen molar-refractivity contribution in [3.8, 4) is 17.1 Å². The number of anilines is 1. The van der Waals surface area contributed by atoms with Crippen LogP contribution in [0.25, 0.3) is 11.4 Å². The zero-order valence-electron chi connectivity index (χ0n) is 23.1. The van der Waals surface area contributed by atoms with Gasteiger partial charge in [-0.15, -0.1) is 10.2 Å². The molecule has 0 fully saturated rings. The van der Waals surface area contributed by atoms with E-state index >= 15 is 0 Å². The molecule has 0 bridgehead atoms. The first-order valence-corrected chi connectivity index (χ1v) is 13.3. The molecule has 4 aromatic carbocycles. The van der Waals surface area contributed by atoms with Crippen LogP contribution in [-0.4, -0.2) is 39.1 Å². The number of carbonyl (C=O) groups excluding carboxylic acids is 2. The van der Waals surface area contributed by atoms with Gasteiger partial charge in [0.15, 0.2) is 0 Å². The number of methoxy groups -OCH3 is 1. The molecule has 0 aliphatic carbocycles. The molecule has 9 nitrogen and oxygen atoms in total. The number of benzene rings is 4. The quantitative estimate of drug-likeness (QED) is 0.259. The Morgan fingerprint density at radius 2 is 1.62 bits per heavy atom. The van der Waals surface area contributed by atoms with Crippen molar-refractivity contribution in [3.05, 3.63) is 126 Å². The van der Waals surface area contributed by atoms with Crippen LogP contribution in [0.2, 0.25) is 0 Å². The van der Waals surface area contributed by atoms with Gasteiger partial charge in [0.25, 0.3) is 5.91 Å². The molecule has 0 radical (unpaired) electrons. The van der Waals surface area contributed by atoms with Crippen LogP contribution in [0.5, 0.6) is 5.75 Å². The van der Waals surface area contributed by atoms with Crippen molar-refractivity contribution < 1.29 is 18.7 Å². The van der Waals surface area contributed by atoms with Crippen molar-refractivity contribution in [2.75, 3.05) is 12.0 Å².